The van der Waals surface area contributed by atoms with Gasteiger partial charge < -0.3 is 28.4 Å². The smallest absolute Gasteiger partial charge is 0.335 e. The zero-order valence-corrected chi connectivity index (χ0v) is 20.5. The van der Waals surface area contributed by atoms with Gasteiger partial charge in [0.2, 0.25) is 12.6 Å². The van der Waals surface area contributed by atoms with Gasteiger partial charge in [-0.05, 0) is 45.0 Å². The fourth-order valence-electron chi connectivity index (χ4n) is 2.31. The summed E-state index contributed by atoms with van der Waals surface area (Å²) in [7, 11) is 0. The first kappa shape index (κ1) is 29.4. The Morgan fingerprint density at radius 2 is 1.20 bits per heavy atom. The molecule has 0 aliphatic carbocycles. The van der Waals surface area contributed by atoms with E-state index >= 15 is 0 Å². The molecule has 0 bridgehead atoms. The molecule has 2 atom stereocenters. The van der Waals surface area contributed by atoms with Crippen LogP contribution in [0.4, 0.5) is 0 Å². The zero-order valence-electron chi connectivity index (χ0n) is 20.5. The van der Waals surface area contributed by atoms with E-state index in [1.54, 1.807) is 20.8 Å². The fraction of sp³-hybridized carbons (Fsp3) is 0.333. The van der Waals surface area contributed by atoms with Crippen LogP contribution in [0.5, 0.6) is 11.5 Å². The molecule has 2 aromatic carbocycles. The van der Waals surface area contributed by atoms with Crippen LogP contribution in [-0.4, -0.2) is 50.9 Å². The van der Waals surface area contributed by atoms with Crippen LogP contribution in [0.1, 0.15) is 20.8 Å². The summed E-state index contributed by atoms with van der Waals surface area (Å²) < 4.78 is 31.1. The number of carbonyl (C=O) groups is 2. The zero-order chi connectivity index (χ0) is 25.9. The molecular weight excluding hydrogens is 452 g/mol. The molecule has 8 nitrogen and oxygen atoms in total. The van der Waals surface area contributed by atoms with Crippen molar-refractivity contribution in [1.29, 1.82) is 0 Å². The largest absolute Gasteiger partial charge is 0.491 e. The number of para-hydroxylation sites is 2. The van der Waals surface area contributed by atoms with Crippen molar-refractivity contribution in [2.24, 2.45) is 0 Å². The summed E-state index contributed by atoms with van der Waals surface area (Å²) >= 11 is 0. The minimum atomic E-state index is -0.603. The van der Waals surface area contributed by atoms with Crippen molar-refractivity contribution in [2.75, 3.05) is 26.4 Å². The average Bonchev–Trinajstić information content (AvgIpc) is 2.86. The third-order valence-electron chi connectivity index (χ3n) is 3.97. The Hall–Kier alpha value is -3.62. The minimum absolute atomic E-state index is 0.347. The first-order valence-corrected chi connectivity index (χ1v) is 11.1. The van der Waals surface area contributed by atoms with Crippen LogP contribution in [0.15, 0.2) is 85.5 Å². The molecule has 0 saturated heterocycles. The lowest BCUT2D eigenvalue weighted by molar-refractivity contribution is -0.171. The standard InChI is InChI=1S/C14H18O4.C13H16O4/c1-11(2)14(15)18-12(3)16-9-10-17-13-7-5-4-6-8-13;1-3-13(14)17-11(2)15-9-10-16-12-7-5-4-6-8-12/h4-8,12H,1,9-10H2,2-3H3;3-8,11H,1,9-10H2,2H3. The highest BCUT2D eigenvalue weighted by molar-refractivity contribution is 5.87. The maximum Gasteiger partial charge on any atom is 0.335 e. The quantitative estimate of drug-likeness (QED) is 0.164. The Morgan fingerprint density at radius 3 is 1.60 bits per heavy atom. The van der Waals surface area contributed by atoms with Gasteiger partial charge in [-0.3, -0.25) is 0 Å². The van der Waals surface area contributed by atoms with Gasteiger partial charge in [-0.25, -0.2) is 9.59 Å². The molecule has 2 unspecified atom stereocenters. The molecule has 2 aromatic rings. The Kier molecular flexibility index (Phi) is 15.0. The van der Waals surface area contributed by atoms with Crippen molar-refractivity contribution in [3.63, 3.8) is 0 Å². The number of benzene rings is 2. The van der Waals surface area contributed by atoms with Crippen molar-refractivity contribution in [3.8, 4) is 11.5 Å². The highest BCUT2D eigenvalue weighted by atomic mass is 16.7. The first-order chi connectivity index (χ1) is 16.8. The average molecular weight is 487 g/mol. The third-order valence-corrected chi connectivity index (χ3v) is 3.97. The van der Waals surface area contributed by atoms with E-state index in [-0.39, 0.29) is 0 Å². The maximum absolute atomic E-state index is 11.2. The predicted molar refractivity (Wildman–Crippen MR) is 132 cm³/mol. The van der Waals surface area contributed by atoms with Gasteiger partial charge in [-0.2, -0.15) is 0 Å². The molecule has 0 radical (unpaired) electrons. The first-order valence-electron chi connectivity index (χ1n) is 11.1. The lowest BCUT2D eigenvalue weighted by Gasteiger charge is -2.14. The van der Waals surface area contributed by atoms with Gasteiger partial charge in [-0.1, -0.05) is 49.6 Å². The monoisotopic (exact) mass is 486 g/mol. The van der Waals surface area contributed by atoms with Crippen LogP contribution in [-0.2, 0) is 28.5 Å². The SMILES string of the molecule is C=C(C)C(=O)OC(C)OCCOc1ccccc1.C=CC(=O)OC(C)OCCOc1ccccc1. The molecule has 0 fully saturated rings. The molecule has 0 amide bonds. The second kappa shape index (κ2) is 17.8. The molecule has 190 valence electrons. The summed E-state index contributed by atoms with van der Waals surface area (Å²) in [5.74, 6) is 0.618. The lowest BCUT2D eigenvalue weighted by Crippen LogP contribution is -2.21. The van der Waals surface area contributed by atoms with Gasteiger partial charge in [0.25, 0.3) is 0 Å². The van der Waals surface area contributed by atoms with Crippen molar-refractivity contribution < 1.29 is 38.0 Å². The van der Waals surface area contributed by atoms with Gasteiger partial charge >= 0.3 is 11.9 Å². The number of ether oxygens (including phenoxy) is 6. The Labute approximate surface area is 207 Å². The van der Waals surface area contributed by atoms with E-state index in [1.807, 2.05) is 60.7 Å². The molecule has 0 N–H and O–H groups in total. The van der Waals surface area contributed by atoms with Crippen LogP contribution < -0.4 is 9.47 Å². The number of carbonyl (C=O) groups excluding carboxylic acids is 2. The number of esters is 2. The van der Waals surface area contributed by atoms with E-state index in [1.165, 1.54) is 0 Å². The molecule has 0 aliphatic heterocycles. The van der Waals surface area contributed by atoms with E-state index < -0.39 is 24.5 Å². The maximum atomic E-state index is 11.2. The van der Waals surface area contributed by atoms with Crippen molar-refractivity contribution in [2.45, 2.75) is 33.4 Å². The summed E-state index contributed by atoms with van der Waals surface area (Å²) in [6.07, 6.45) is -0.103. The second-order valence-corrected chi connectivity index (χ2v) is 7.03. The minimum Gasteiger partial charge on any atom is -0.491 e. The number of rotatable bonds is 14. The van der Waals surface area contributed by atoms with Crippen LogP contribution in [0.25, 0.3) is 0 Å². The molecule has 0 saturated carbocycles. The summed E-state index contributed by atoms with van der Waals surface area (Å²) in [6.45, 7) is 13.2. The van der Waals surface area contributed by atoms with E-state index in [4.69, 9.17) is 28.4 Å². The van der Waals surface area contributed by atoms with Gasteiger partial charge in [-0.15, -0.1) is 0 Å². The van der Waals surface area contributed by atoms with Crippen LogP contribution in [0.3, 0.4) is 0 Å². The topological polar surface area (TPSA) is 89.5 Å². The number of hydrogen-bond donors (Lipinski definition) is 0. The molecule has 0 spiro atoms. The Bertz CT molecular complexity index is 883. The third kappa shape index (κ3) is 15.0. The highest BCUT2D eigenvalue weighted by Gasteiger charge is 2.09. The van der Waals surface area contributed by atoms with E-state index in [9.17, 15) is 9.59 Å². The molecule has 8 heteroatoms. The molecule has 35 heavy (non-hydrogen) atoms. The van der Waals surface area contributed by atoms with Gasteiger partial charge in [0.05, 0.1) is 13.2 Å². The summed E-state index contributed by atoms with van der Waals surface area (Å²) in [5.41, 5.74) is 0.353. The fourth-order valence-corrected chi connectivity index (χ4v) is 2.31. The normalized spacial score (nSPS) is 11.6. The van der Waals surface area contributed by atoms with Gasteiger partial charge in [0, 0.05) is 11.6 Å². The summed E-state index contributed by atoms with van der Waals surface area (Å²) in [4.78, 5) is 22.0. The predicted octanol–water partition coefficient (Wildman–Crippen LogP) is 4.70. The van der Waals surface area contributed by atoms with Crippen LogP contribution >= 0.6 is 0 Å². The summed E-state index contributed by atoms with van der Waals surface area (Å²) in [6, 6.07) is 18.9. The van der Waals surface area contributed by atoms with E-state index in [0.29, 0.717) is 32.0 Å². The molecule has 0 aromatic heterocycles. The molecule has 0 aliphatic rings. The molecular formula is C27H34O8. The molecule has 2 rings (SSSR count). The Morgan fingerprint density at radius 1 is 0.771 bits per heavy atom. The van der Waals surface area contributed by atoms with Crippen molar-refractivity contribution in [3.05, 3.63) is 85.5 Å². The molecule has 0 heterocycles. The second-order valence-electron chi connectivity index (χ2n) is 7.03. The van der Waals surface area contributed by atoms with Gasteiger partial charge in [0.1, 0.15) is 24.7 Å². The highest BCUT2D eigenvalue weighted by Crippen LogP contribution is 2.09. The van der Waals surface area contributed by atoms with E-state index in [2.05, 4.69) is 13.2 Å². The number of hydrogen-bond acceptors (Lipinski definition) is 8. The van der Waals surface area contributed by atoms with Crippen molar-refractivity contribution >= 4 is 11.9 Å². The summed E-state index contributed by atoms with van der Waals surface area (Å²) in [5, 5.41) is 0. The van der Waals surface area contributed by atoms with Crippen LogP contribution in [0, 0.1) is 0 Å². The van der Waals surface area contributed by atoms with E-state index in [0.717, 1.165) is 17.6 Å². The Balaban J connectivity index is 0.000000351. The van der Waals surface area contributed by atoms with Crippen molar-refractivity contribution in [1.82, 2.24) is 0 Å². The van der Waals surface area contributed by atoms with Crippen LogP contribution in [0.2, 0.25) is 0 Å². The lowest BCUT2D eigenvalue weighted by atomic mass is 10.3. The van der Waals surface area contributed by atoms with Gasteiger partial charge in [0.15, 0.2) is 0 Å².